The molecule has 3 aromatic heterocycles. The average molecular weight is 397 g/mol. The van der Waals surface area contributed by atoms with Gasteiger partial charge in [-0.05, 0) is 36.9 Å². The van der Waals surface area contributed by atoms with Crippen LogP contribution >= 0.6 is 0 Å². The van der Waals surface area contributed by atoms with E-state index in [1.807, 2.05) is 59.9 Å². The van der Waals surface area contributed by atoms with Crippen LogP contribution in [-0.2, 0) is 0 Å². The zero-order valence-electron chi connectivity index (χ0n) is 16.8. The number of piperazine rings is 1. The molecular weight excluding hydrogens is 374 g/mol. The second-order valence-corrected chi connectivity index (χ2v) is 7.70. The molecule has 1 aliphatic rings. The van der Waals surface area contributed by atoms with Crippen LogP contribution in [0.5, 0.6) is 0 Å². The van der Waals surface area contributed by atoms with Gasteiger partial charge >= 0.3 is 0 Å². The minimum Gasteiger partial charge on any atom is -0.335 e. The number of fused-ring (bicyclic) bond motifs is 1. The molecule has 0 spiro atoms. The van der Waals surface area contributed by atoms with Crippen LogP contribution in [-0.4, -0.2) is 56.8 Å². The van der Waals surface area contributed by atoms with Gasteiger partial charge in [-0.1, -0.05) is 30.3 Å². The number of carbonyl (C=O) groups excluding carboxylic acids is 1. The van der Waals surface area contributed by atoms with E-state index in [4.69, 9.17) is 4.98 Å². The summed E-state index contributed by atoms with van der Waals surface area (Å²) in [7, 11) is 2.10. The highest BCUT2D eigenvalue weighted by Crippen LogP contribution is 2.29. The van der Waals surface area contributed by atoms with Crippen molar-refractivity contribution in [3.63, 3.8) is 0 Å². The lowest BCUT2D eigenvalue weighted by atomic mass is 10.1. The van der Waals surface area contributed by atoms with Gasteiger partial charge in [0.05, 0.1) is 23.6 Å². The minimum absolute atomic E-state index is 0.0562. The molecule has 0 aliphatic carbocycles. The highest BCUT2D eigenvalue weighted by Gasteiger charge is 2.31. The molecule has 4 aromatic rings. The standard InChI is InChI=1S/C24H23N5O/c1-27-12-13-28(24(30)18-6-3-2-4-7-18)16-22(27)23-21-10-9-20(15-29(21)17-26-23)19-8-5-11-25-14-19/h2-11,14-15,17,22H,12-13,16H2,1H3/t22-/m0/s1. The van der Waals surface area contributed by atoms with E-state index in [0.717, 1.165) is 41.0 Å². The Morgan fingerprint density at radius 2 is 1.87 bits per heavy atom. The van der Waals surface area contributed by atoms with Crippen LogP contribution in [0.25, 0.3) is 16.6 Å². The van der Waals surface area contributed by atoms with E-state index in [9.17, 15) is 4.79 Å². The van der Waals surface area contributed by atoms with Crippen molar-refractivity contribution in [3.05, 3.63) is 90.8 Å². The lowest BCUT2D eigenvalue weighted by Gasteiger charge is -2.39. The zero-order chi connectivity index (χ0) is 20.5. The van der Waals surface area contributed by atoms with Crippen molar-refractivity contribution < 1.29 is 4.79 Å². The van der Waals surface area contributed by atoms with Gasteiger partial charge in [0.2, 0.25) is 0 Å². The number of hydrogen-bond acceptors (Lipinski definition) is 4. The summed E-state index contributed by atoms with van der Waals surface area (Å²) in [5.41, 5.74) is 4.97. The second kappa shape index (κ2) is 7.72. The Bertz CT molecular complexity index is 1170. The van der Waals surface area contributed by atoms with E-state index in [1.54, 1.807) is 6.20 Å². The molecule has 4 heterocycles. The van der Waals surface area contributed by atoms with E-state index in [-0.39, 0.29) is 11.9 Å². The maximum atomic E-state index is 13.0. The van der Waals surface area contributed by atoms with E-state index in [2.05, 4.69) is 39.7 Å². The third kappa shape index (κ3) is 3.35. The predicted octanol–water partition coefficient (Wildman–Crippen LogP) is 3.53. The monoisotopic (exact) mass is 397 g/mol. The maximum absolute atomic E-state index is 13.0. The van der Waals surface area contributed by atoms with Crippen molar-refractivity contribution >= 4 is 11.4 Å². The van der Waals surface area contributed by atoms with Crippen molar-refractivity contribution in [1.82, 2.24) is 24.2 Å². The summed E-state index contributed by atoms with van der Waals surface area (Å²) < 4.78 is 2.06. The Morgan fingerprint density at radius 1 is 1.00 bits per heavy atom. The third-order valence-electron chi connectivity index (χ3n) is 5.83. The van der Waals surface area contributed by atoms with E-state index in [0.29, 0.717) is 6.54 Å². The second-order valence-electron chi connectivity index (χ2n) is 7.70. The van der Waals surface area contributed by atoms with Crippen LogP contribution in [0, 0.1) is 0 Å². The summed E-state index contributed by atoms with van der Waals surface area (Å²) in [6.07, 6.45) is 7.58. The number of aromatic nitrogens is 3. The number of likely N-dealkylation sites (N-methyl/N-ethyl adjacent to an activating group) is 1. The lowest BCUT2D eigenvalue weighted by Crippen LogP contribution is -2.49. The van der Waals surface area contributed by atoms with Gasteiger partial charge in [-0.15, -0.1) is 0 Å². The molecule has 1 aliphatic heterocycles. The molecule has 0 N–H and O–H groups in total. The van der Waals surface area contributed by atoms with Gasteiger partial charge in [0.25, 0.3) is 5.91 Å². The maximum Gasteiger partial charge on any atom is 0.253 e. The largest absolute Gasteiger partial charge is 0.335 e. The topological polar surface area (TPSA) is 53.7 Å². The molecule has 1 fully saturated rings. The Balaban J connectivity index is 1.44. The molecule has 1 saturated heterocycles. The van der Waals surface area contributed by atoms with E-state index >= 15 is 0 Å². The Morgan fingerprint density at radius 3 is 2.67 bits per heavy atom. The predicted molar refractivity (Wildman–Crippen MR) is 116 cm³/mol. The molecule has 6 nitrogen and oxygen atoms in total. The first kappa shape index (κ1) is 18.5. The molecule has 150 valence electrons. The van der Waals surface area contributed by atoms with Crippen LogP contribution in [0.3, 0.4) is 0 Å². The van der Waals surface area contributed by atoms with Crippen LogP contribution in [0.15, 0.2) is 79.5 Å². The molecule has 1 aromatic carbocycles. The van der Waals surface area contributed by atoms with Crippen molar-refractivity contribution in [2.24, 2.45) is 0 Å². The molecule has 0 saturated carbocycles. The number of amides is 1. The summed E-state index contributed by atoms with van der Waals surface area (Å²) in [5.74, 6) is 0.0797. The average Bonchev–Trinajstić information content (AvgIpc) is 3.23. The first-order valence-electron chi connectivity index (χ1n) is 10.1. The van der Waals surface area contributed by atoms with Gasteiger partial charge in [-0.3, -0.25) is 14.7 Å². The van der Waals surface area contributed by atoms with Gasteiger partial charge in [-0.2, -0.15) is 0 Å². The number of carbonyl (C=O) groups is 1. The number of imidazole rings is 1. The molecule has 0 radical (unpaired) electrons. The first-order chi connectivity index (χ1) is 14.7. The zero-order valence-corrected chi connectivity index (χ0v) is 16.8. The lowest BCUT2D eigenvalue weighted by molar-refractivity contribution is 0.0543. The van der Waals surface area contributed by atoms with Crippen molar-refractivity contribution in [3.8, 4) is 11.1 Å². The quantitative estimate of drug-likeness (QED) is 0.531. The molecule has 30 heavy (non-hydrogen) atoms. The highest BCUT2D eigenvalue weighted by molar-refractivity contribution is 5.94. The van der Waals surface area contributed by atoms with Crippen molar-refractivity contribution in [1.29, 1.82) is 0 Å². The van der Waals surface area contributed by atoms with Crippen LogP contribution in [0.1, 0.15) is 22.1 Å². The fraction of sp³-hybridized carbons (Fsp3) is 0.208. The number of hydrogen-bond donors (Lipinski definition) is 0. The summed E-state index contributed by atoms with van der Waals surface area (Å²) in [6, 6.07) is 17.8. The summed E-state index contributed by atoms with van der Waals surface area (Å²) in [6.45, 7) is 2.16. The van der Waals surface area contributed by atoms with E-state index < -0.39 is 0 Å². The molecule has 6 heteroatoms. The summed E-state index contributed by atoms with van der Waals surface area (Å²) in [4.78, 5) is 26.1. The molecule has 0 unspecified atom stereocenters. The molecule has 0 bridgehead atoms. The van der Waals surface area contributed by atoms with Crippen molar-refractivity contribution in [2.75, 3.05) is 26.7 Å². The summed E-state index contributed by atoms with van der Waals surface area (Å²) >= 11 is 0. The smallest absolute Gasteiger partial charge is 0.253 e. The third-order valence-corrected chi connectivity index (χ3v) is 5.83. The Kier molecular flexibility index (Phi) is 4.77. The number of pyridine rings is 2. The SMILES string of the molecule is CN1CCN(C(=O)c2ccccc2)C[C@H]1c1ncn2cc(-c3cccnc3)ccc12. The number of nitrogens with zero attached hydrogens (tertiary/aromatic N) is 5. The van der Waals surface area contributed by atoms with Crippen molar-refractivity contribution in [2.45, 2.75) is 6.04 Å². The fourth-order valence-electron chi connectivity index (χ4n) is 4.10. The Labute approximate surface area is 175 Å². The molecule has 1 atom stereocenters. The number of benzene rings is 1. The van der Waals surface area contributed by atoms with Crippen LogP contribution in [0.4, 0.5) is 0 Å². The molecular formula is C24H23N5O. The van der Waals surface area contributed by atoms with Gasteiger partial charge in [0.1, 0.15) is 0 Å². The molecule has 5 rings (SSSR count). The van der Waals surface area contributed by atoms with Crippen LogP contribution in [0.2, 0.25) is 0 Å². The van der Waals surface area contributed by atoms with Crippen LogP contribution < -0.4 is 0 Å². The normalized spacial score (nSPS) is 17.4. The number of rotatable bonds is 3. The summed E-state index contributed by atoms with van der Waals surface area (Å²) in [5, 5.41) is 0. The minimum atomic E-state index is 0.0562. The van der Waals surface area contributed by atoms with E-state index in [1.165, 1.54) is 0 Å². The van der Waals surface area contributed by atoms with Gasteiger partial charge in [0.15, 0.2) is 0 Å². The highest BCUT2D eigenvalue weighted by atomic mass is 16.2. The van der Waals surface area contributed by atoms with Gasteiger partial charge in [-0.25, -0.2) is 4.98 Å². The molecule has 1 amide bonds. The van der Waals surface area contributed by atoms with Gasteiger partial charge in [0, 0.05) is 49.4 Å². The Hall–Kier alpha value is -3.51. The fourth-order valence-corrected chi connectivity index (χ4v) is 4.10. The van der Waals surface area contributed by atoms with Gasteiger partial charge < -0.3 is 9.30 Å². The first-order valence-corrected chi connectivity index (χ1v) is 10.1.